The first-order valence-electron chi connectivity index (χ1n) is 16.3. The molecule has 0 spiro atoms. The lowest BCUT2D eigenvalue weighted by Gasteiger charge is -2.35. The van der Waals surface area contributed by atoms with Gasteiger partial charge in [-0.05, 0) is 98.0 Å². The van der Waals surface area contributed by atoms with Crippen molar-refractivity contribution in [1.82, 2.24) is 0 Å². The summed E-state index contributed by atoms with van der Waals surface area (Å²) in [6.45, 7) is 8.67. The molecule has 0 N–H and O–H groups in total. The second-order valence-electron chi connectivity index (χ2n) is 12.3. The van der Waals surface area contributed by atoms with E-state index >= 15 is 0 Å². The normalized spacial score (nSPS) is 11.6. The maximum absolute atomic E-state index is 4.26. The van der Waals surface area contributed by atoms with Crippen LogP contribution in [-0.4, -0.2) is 0 Å². The number of rotatable bonds is 8. The van der Waals surface area contributed by atoms with Crippen molar-refractivity contribution in [3.8, 4) is 33.4 Å². The van der Waals surface area contributed by atoms with Gasteiger partial charge in [0.2, 0.25) is 0 Å². The third-order valence-electron chi connectivity index (χ3n) is 9.48. The summed E-state index contributed by atoms with van der Waals surface area (Å²) in [5.41, 5.74) is 12.8. The largest absolute Gasteiger partial charge is 0.0912 e. The van der Waals surface area contributed by atoms with Gasteiger partial charge >= 0.3 is 0 Å². The van der Waals surface area contributed by atoms with E-state index in [0.29, 0.717) is 0 Å². The number of benzene rings is 7. The average molecular weight is 603 g/mol. The Bertz CT molecular complexity index is 2150. The third-order valence-corrected chi connectivity index (χ3v) is 9.48. The van der Waals surface area contributed by atoms with Crippen LogP contribution >= 0.6 is 0 Å². The Morgan fingerprint density at radius 2 is 1.04 bits per heavy atom. The summed E-state index contributed by atoms with van der Waals surface area (Å²) in [7, 11) is 0. The van der Waals surface area contributed by atoms with Crippen molar-refractivity contribution in [3.05, 3.63) is 211 Å². The summed E-state index contributed by atoms with van der Waals surface area (Å²) in [4.78, 5) is 0. The van der Waals surface area contributed by atoms with Crippen molar-refractivity contribution in [2.24, 2.45) is 0 Å². The maximum Gasteiger partial charge on any atom is 0.0429 e. The Morgan fingerprint density at radius 3 is 1.66 bits per heavy atom. The van der Waals surface area contributed by atoms with Crippen molar-refractivity contribution in [2.75, 3.05) is 0 Å². The Kier molecular flexibility index (Phi) is 8.25. The van der Waals surface area contributed by atoms with E-state index in [1.807, 2.05) is 13.0 Å². The lowest BCUT2D eigenvalue weighted by atomic mass is 9.67. The molecule has 0 radical (unpaired) electrons. The van der Waals surface area contributed by atoms with E-state index in [1.54, 1.807) is 0 Å². The summed E-state index contributed by atoms with van der Waals surface area (Å²) >= 11 is 0. The molecule has 47 heavy (non-hydrogen) atoms. The van der Waals surface area contributed by atoms with Crippen molar-refractivity contribution in [3.63, 3.8) is 0 Å². The fraction of sp³-hybridized carbons (Fsp3) is 0.0638. The standard InChI is InChI=1S/C47H38/c1-4-17-34(2)38-20-16-21-39(32-38)35-28-30-37(31-29-35)46-43-27-15-14-26-42(43)44(36-18-8-5-9-19-36)33-45(46)47(3,40-22-10-6-11-23-40)41-24-12-7-13-25-41/h4-33H,2H2,1,3H3/b17-4-. The minimum atomic E-state index is -0.425. The fourth-order valence-electron chi connectivity index (χ4n) is 6.98. The minimum Gasteiger partial charge on any atom is -0.0912 e. The highest BCUT2D eigenvalue weighted by atomic mass is 14.4. The van der Waals surface area contributed by atoms with Crippen LogP contribution in [0.5, 0.6) is 0 Å². The Morgan fingerprint density at radius 1 is 0.511 bits per heavy atom. The van der Waals surface area contributed by atoms with Gasteiger partial charge in [0.15, 0.2) is 0 Å². The van der Waals surface area contributed by atoms with Crippen LogP contribution in [0.4, 0.5) is 0 Å². The van der Waals surface area contributed by atoms with Gasteiger partial charge in [-0.3, -0.25) is 0 Å². The fourth-order valence-corrected chi connectivity index (χ4v) is 6.98. The smallest absolute Gasteiger partial charge is 0.0429 e. The van der Waals surface area contributed by atoms with Gasteiger partial charge < -0.3 is 0 Å². The molecule has 0 amide bonds. The van der Waals surface area contributed by atoms with Gasteiger partial charge in [0.05, 0.1) is 0 Å². The average Bonchev–Trinajstić information content (AvgIpc) is 3.15. The highest BCUT2D eigenvalue weighted by Crippen LogP contribution is 2.48. The molecule has 0 unspecified atom stereocenters. The lowest BCUT2D eigenvalue weighted by Crippen LogP contribution is -2.26. The molecule has 0 aromatic heterocycles. The summed E-state index contributed by atoms with van der Waals surface area (Å²) < 4.78 is 0. The first-order chi connectivity index (χ1) is 23.1. The van der Waals surface area contributed by atoms with E-state index in [1.165, 1.54) is 60.8 Å². The summed E-state index contributed by atoms with van der Waals surface area (Å²) in [6.07, 6.45) is 4.10. The zero-order valence-electron chi connectivity index (χ0n) is 27.0. The molecular weight excluding hydrogens is 565 g/mol. The van der Waals surface area contributed by atoms with E-state index in [4.69, 9.17) is 0 Å². The number of allylic oxidation sites excluding steroid dienone is 3. The molecule has 0 atom stereocenters. The van der Waals surface area contributed by atoms with Gasteiger partial charge in [-0.15, -0.1) is 0 Å². The molecule has 0 aliphatic rings. The Hall–Kier alpha value is -5.72. The predicted molar refractivity (Wildman–Crippen MR) is 203 cm³/mol. The van der Waals surface area contributed by atoms with Gasteiger partial charge in [-0.2, -0.15) is 0 Å². The van der Waals surface area contributed by atoms with Crippen LogP contribution in [0.3, 0.4) is 0 Å². The molecule has 0 heterocycles. The van der Waals surface area contributed by atoms with Gasteiger partial charge in [-0.1, -0.05) is 176 Å². The molecular formula is C47H38. The van der Waals surface area contributed by atoms with Crippen LogP contribution in [0.15, 0.2) is 189 Å². The molecule has 0 aliphatic carbocycles. The van der Waals surface area contributed by atoms with E-state index in [9.17, 15) is 0 Å². The minimum absolute atomic E-state index is 0.425. The van der Waals surface area contributed by atoms with E-state index in [2.05, 4.69) is 189 Å². The molecule has 7 rings (SSSR count). The van der Waals surface area contributed by atoms with Crippen LogP contribution < -0.4 is 0 Å². The van der Waals surface area contributed by atoms with Crippen LogP contribution in [0.2, 0.25) is 0 Å². The van der Waals surface area contributed by atoms with Gasteiger partial charge in [0.1, 0.15) is 0 Å². The maximum atomic E-state index is 4.26. The van der Waals surface area contributed by atoms with Crippen LogP contribution in [0, 0.1) is 0 Å². The molecule has 0 saturated heterocycles. The van der Waals surface area contributed by atoms with E-state index < -0.39 is 5.41 Å². The highest BCUT2D eigenvalue weighted by Gasteiger charge is 2.35. The van der Waals surface area contributed by atoms with Crippen molar-refractivity contribution >= 4 is 16.3 Å². The second kappa shape index (κ2) is 12.9. The highest BCUT2D eigenvalue weighted by molar-refractivity contribution is 6.07. The lowest BCUT2D eigenvalue weighted by molar-refractivity contribution is 0.695. The topological polar surface area (TPSA) is 0 Å². The molecule has 7 aromatic carbocycles. The Labute approximate surface area is 279 Å². The number of hydrogen-bond acceptors (Lipinski definition) is 0. The van der Waals surface area contributed by atoms with Crippen molar-refractivity contribution < 1.29 is 0 Å². The third kappa shape index (κ3) is 5.64. The molecule has 0 heteroatoms. The second-order valence-corrected chi connectivity index (χ2v) is 12.3. The SMILES string of the molecule is C=C(/C=C\C)c1cccc(-c2ccc(-c3c(C(C)(c4ccccc4)c4ccccc4)cc(-c4ccccc4)c4ccccc34)cc2)c1. The predicted octanol–water partition coefficient (Wildman–Crippen LogP) is 12.8. The number of fused-ring (bicyclic) bond motifs is 1. The number of hydrogen-bond donors (Lipinski definition) is 0. The van der Waals surface area contributed by atoms with Crippen molar-refractivity contribution in [2.45, 2.75) is 19.3 Å². The van der Waals surface area contributed by atoms with Gasteiger partial charge in [-0.25, -0.2) is 0 Å². The van der Waals surface area contributed by atoms with E-state index in [0.717, 1.165) is 11.1 Å². The van der Waals surface area contributed by atoms with Crippen LogP contribution in [0.1, 0.15) is 36.1 Å². The van der Waals surface area contributed by atoms with E-state index in [-0.39, 0.29) is 0 Å². The molecule has 0 fully saturated rings. The molecule has 7 aromatic rings. The molecule has 0 saturated carbocycles. The monoisotopic (exact) mass is 602 g/mol. The molecule has 0 aliphatic heterocycles. The summed E-state index contributed by atoms with van der Waals surface area (Å²) in [6, 6.07) is 61.8. The van der Waals surface area contributed by atoms with Crippen LogP contribution in [0.25, 0.3) is 49.7 Å². The zero-order valence-corrected chi connectivity index (χ0v) is 27.0. The van der Waals surface area contributed by atoms with Crippen molar-refractivity contribution in [1.29, 1.82) is 0 Å². The zero-order chi connectivity index (χ0) is 32.2. The van der Waals surface area contributed by atoms with Gasteiger partial charge in [0.25, 0.3) is 0 Å². The first-order valence-corrected chi connectivity index (χ1v) is 16.3. The quantitative estimate of drug-likeness (QED) is 0.120. The van der Waals surface area contributed by atoms with Gasteiger partial charge in [0, 0.05) is 5.41 Å². The summed E-state index contributed by atoms with van der Waals surface area (Å²) in [5.74, 6) is 0. The first kappa shape index (κ1) is 30.0. The molecule has 226 valence electrons. The molecule has 0 bridgehead atoms. The summed E-state index contributed by atoms with van der Waals surface area (Å²) in [5, 5.41) is 2.50. The molecule has 0 nitrogen and oxygen atoms in total. The Balaban J connectivity index is 1.50. The van der Waals surface area contributed by atoms with Crippen LogP contribution in [-0.2, 0) is 5.41 Å².